The van der Waals surface area contributed by atoms with Crippen LogP contribution in [0.15, 0.2) is 53.9 Å². The number of ketones is 1. The van der Waals surface area contributed by atoms with Gasteiger partial charge in [-0.25, -0.2) is 4.98 Å². The predicted octanol–water partition coefficient (Wildman–Crippen LogP) is 5.61. The van der Waals surface area contributed by atoms with Crippen molar-refractivity contribution in [3.05, 3.63) is 74.5 Å². The van der Waals surface area contributed by atoms with Crippen LogP contribution < -0.4 is 0 Å². The molecule has 1 atom stereocenters. The molecule has 3 rings (SSSR count). The zero-order valence-corrected chi connectivity index (χ0v) is 14.6. The number of thiazole rings is 1. The highest BCUT2D eigenvalue weighted by Crippen LogP contribution is 2.32. The Labute approximate surface area is 153 Å². The van der Waals surface area contributed by atoms with Gasteiger partial charge in [-0.05, 0) is 18.2 Å². The first-order valence-corrected chi connectivity index (χ1v) is 8.64. The number of nitrogens with zero attached hydrogens (tertiary/aromatic N) is 2. The third kappa shape index (κ3) is 3.20. The lowest BCUT2D eigenvalue weighted by atomic mass is 9.99. The minimum atomic E-state index is -0.994. The van der Waals surface area contributed by atoms with Gasteiger partial charge in [-0.2, -0.15) is 5.26 Å². The van der Waals surface area contributed by atoms with Crippen molar-refractivity contribution in [2.75, 3.05) is 0 Å². The monoisotopic (exact) mass is 372 g/mol. The van der Waals surface area contributed by atoms with Gasteiger partial charge in [-0.1, -0.05) is 53.5 Å². The molecule has 3 nitrogen and oxygen atoms in total. The number of carbonyl (C=O) groups is 1. The average Bonchev–Trinajstić information content (AvgIpc) is 3.05. The summed E-state index contributed by atoms with van der Waals surface area (Å²) >= 11 is 13.5. The summed E-state index contributed by atoms with van der Waals surface area (Å²) in [6, 6.07) is 16.0. The molecule has 0 spiro atoms. The molecule has 1 unspecified atom stereocenters. The number of benzene rings is 2. The number of hydrogen-bond donors (Lipinski definition) is 0. The Morgan fingerprint density at radius 1 is 1.08 bits per heavy atom. The number of halogens is 2. The fourth-order valence-electron chi connectivity index (χ4n) is 2.26. The van der Waals surface area contributed by atoms with Crippen molar-refractivity contribution in [3.8, 4) is 17.3 Å². The number of rotatable bonds is 4. The Hall–Kier alpha value is -2.19. The predicted molar refractivity (Wildman–Crippen MR) is 96.7 cm³/mol. The SMILES string of the molecule is N#CC(C(=O)c1ccccc1Cl)c1nc(-c2ccccc2Cl)cs1. The van der Waals surface area contributed by atoms with Crippen molar-refractivity contribution in [1.29, 1.82) is 5.26 Å². The molecule has 0 saturated heterocycles. The van der Waals surface area contributed by atoms with E-state index in [1.807, 2.05) is 24.3 Å². The number of carbonyl (C=O) groups excluding carboxylic acids is 1. The number of aromatic nitrogens is 1. The molecule has 0 N–H and O–H groups in total. The van der Waals surface area contributed by atoms with Crippen LogP contribution in [0, 0.1) is 11.3 Å². The summed E-state index contributed by atoms with van der Waals surface area (Å²) in [5.41, 5.74) is 1.73. The second-order valence-electron chi connectivity index (χ2n) is 4.96. The minimum absolute atomic E-state index is 0.320. The molecular weight excluding hydrogens is 363 g/mol. The molecule has 0 aliphatic rings. The first-order valence-electron chi connectivity index (χ1n) is 7.00. The largest absolute Gasteiger partial charge is 0.292 e. The second-order valence-corrected chi connectivity index (χ2v) is 6.66. The van der Waals surface area contributed by atoms with E-state index in [0.29, 0.717) is 26.3 Å². The van der Waals surface area contributed by atoms with E-state index in [-0.39, 0.29) is 5.78 Å². The van der Waals surface area contributed by atoms with Crippen molar-refractivity contribution < 1.29 is 4.79 Å². The number of hydrogen-bond acceptors (Lipinski definition) is 4. The first kappa shape index (κ1) is 16.7. The molecule has 0 amide bonds. The van der Waals surface area contributed by atoms with Crippen molar-refractivity contribution in [3.63, 3.8) is 0 Å². The summed E-state index contributed by atoms with van der Waals surface area (Å²) in [7, 11) is 0. The standard InChI is InChI=1S/C18H10Cl2N2OS/c19-14-7-3-1-5-11(14)16-10-24-18(22-16)13(9-21)17(23)12-6-2-4-8-15(12)20/h1-8,10,13H. The second kappa shape index (κ2) is 7.14. The summed E-state index contributed by atoms with van der Waals surface area (Å²) in [6.07, 6.45) is 0. The van der Waals surface area contributed by atoms with E-state index in [0.717, 1.165) is 5.56 Å². The molecule has 0 fully saturated rings. The highest BCUT2D eigenvalue weighted by molar-refractivity contribution is 7.10. The Morgan fingerprint density at radius 3 is 2.42 bits per heavy atom. The Balaban J connectivity index is 1.96. The average molecular weight is 373 g/mol. The molecule has 0 bridgehead atoms. The van der Waals surface area contributed by atoms with Gasteiger partial charge in [0.15, 0.2) is 11.7 Å². The molecule has 1 aromatic heterocycles. The maximum atomic E-state index is 12.6. The Kier molecular flexibility index (Phi) is 4.96. The quantitative estimate of drug-likeness (QED) is 0.559. The van der Waals surface area contributed by atoms with Crippen LogP contribution in [0.2, 0.25) is 10.0 Å². The fraction of sp³-hybridized carbons (Fsp3) is 0.0556. The van der Waals surface area contributed by atoms with Gasteiger partial charge in [0.05, 0.1) is 16.8 Å². The van der Waals surface area contributed by atoms with Crippen LogP contribution in [-0.4, -0.2) is 10.8 Å². The lowest BCUT2D eigenvalue weighted by Gasteiger charge is -2.06. The van der Waals surface area contributed by atoms with Crippen LogP contribution in [0.5, 0.6) is 0 Å². The summed E-state index contributed by atoms with van der Waals surface area (Å²) < 4.78 is 0. The van der Waals surface area contributed by atoms with E-state index in [1.165, 1.54) is 11.3 Å². The number of nitriles is 1. The molecule has 2 aromatic carbocycles. The van der Waals surface area contributed by atoms with Crippen molar-refractivity contribution in [1.82, 2.24) is 4.98 Å². The lowest BCUT2D eigenvalue weighted by Crippen LogP contribution is -2.11. The summed E-state index contributed by atoms with van der Waals surface area (Å²) in [4.78, 5) is 17.1. The van der Waals surface area contributed by atoms with E-state index in [9.17, 15) is 10.1 Å². The Bertz CT molecular complexity index is 946. The lowest BCUT2D eigenvalue weighted by molar-refractivity contribution is 0.0979. The minimum Gasteiger partial charge on any atom is -0.292 e. The number of Topliss-reactive ketones (excluding diaryl/α,β-unsaturated/α-hetero) is 1. The molecule has 24 heavy (non-hydrogen) atoms. The molecule has 118 valence electrons. The van der Waals surface area contributed by atoms with Gasteiger partial charge >= 0.3 is 0 Å². The van der Waals surface area contributed by atoms with Crippen LogP contribution in [0.25, 0.3) is 11.3 Å². The molecule has 0 saturated carbocycles. The fourth-order valence-corrected chi connectivity index (χ4v) is 3.58. The van der Waals surface area contributed by atoms with Crippen LogP contribution in [-0.2, 0) is 0 Å². The van der Waals surface area contributed by atoms with Gasteiger partial charge in [-0.3, -0.25) is 4.79 Å². The molecule has 3 aromatic rings. The zero-order chi connectivity index (χ0) is 17.1. The van der Waals surface area contributed by atoms with Gasteiger partial charge in [0.25, 0.3) is 0 Å². The Morgan fingerprint density at radius 2 is 1.75 bits per heavy atom. The van der Waals surface area contributed by atoms with Crippen LogP contribution in [0.3, 0.4) is 0 Å². The molecule has 1 heterocycles. The molecule has 0 aliphatic carbocycles. The smallest absolute Gasteiger partial charge is 0.188 e. The third-order valence-electron chi connectivity index (χ3n) is 3.45. The molecular formula is C18H10Cl2N2OS. The van der Waals surface area contributed by atoms with Crippen molar-refractivity contribution in [2.45, 2.75) is 5.92 Å². The van der Waals surface area contributed by atoms with Gasteiger partial charge in [0, 0.05) is 21.5 Å². The highest BCUT2D eigenvalue weighted by atomic mass is 35.5. The third-order valence-corrected chi connectivity index (χ3v) is 5.02. The maximum absolute atomic E-state index is 12.6. The first-order chi connectivity index (χ1) is 11.6. The van der Waals surface area contributed by atoms with Crippen molar-refractivity contribution in [2.24, 2.45) is 0 Å². The van der Waals surface area contributed by atoms with E-state index in [1.54, 1.807) is 35.7 Å². The topological polar surface area (TPSA) is 53.8 Å². The molecule has 0 aliphatic heterocycles. The van der Waals surface area contributed by atoms with Gasteiger partial charge in [0.1, 0.15) is 5.01 Å². The normalized spacial score (nSPS) is 11.7. The van der Waals surface area contributed by atoms with Gasteiger partial charge < -0.3 is 0 Å². The van der Waals surface area contributed by atoms with E-state index in [2.05, 4.69) is 4.98 Å². The van der Waals surface area contributed by atoms with Crippen molar-refractivity contribution >= 4 is 40.3 Å². The van der Waals surface area contributed by atoms with E-state index >= 15 is 0 Å². The zero-order valence-electron chi connectivity index (χ0n) is 12.2. The molecule has 6 heteroatoms. The van der Waals surface area contributed by atoms with E-state index in [4.69, 9.17) is 23.2 Å². The summed E-state index contributed by atoms with van der Waals surface area (Å²) in [6.45, 7) is 0. The summed E-state index contributed by atoms with van der Waals surface area (Å²) in [5, 5.41) is 12.6. The van der Waals surface area contributed by atoms with E-state index < -0.39 is 5.92 Å². The van der Waals surface area contributed by atoms with Crippen LogP contribution in [0.1, 0.15) is 21.3 Å². The van der Waals surface area contributed by atoms with Gasteiger partial charge in [0.2, 0.25) is 0 Å². The summed E-state index contributed by atoms with van der Waals surface area (Å²) in [5.74, 6) is -1.35. The maximum Gasteiger partial charge on any atom is 0.188 e. The van der Waals surface area contributed by atoms with Crippen LogP contribution in [0.4, 0.5) is 0 Å². The van der Waals surface area contributed by atoms with Crippen LogP contribution >= 0.6 is 34.5 Å². The molecule has 0 radical (unpaired) electrons. The highest BCUT2D eigenvalue weighted by Gasteiger charge is 2.26. The van der Waals surface area contributed by atoms with Gasteiger partial charge in [-0.15, -0.1) is 11.3 Å².